The van der Waals surface area contributed by atoms with Gasteiger partial charge < -0.3 is 4.90 Å². The van der Waals surface area contributed by atoms with Gasteiger partial charge in [0.25, 0.3) is 0 Å². The molecule has 3 rings (SSSR count). The van der Waals surface area contributed by atoms with Gasteiger partial charge in [-0.1, -0.05) is 48.5 Å². The van der Waals surface area contributed by atoms with Gasteiger partial charge in [0.05, 0.1) is 5.75 Å². The summed E-state index contributed by atoms with van der Waals surface area (Å²) in [5, 5.41) is 0. The second-order valence-electron chi connectivity index (χ2n) is 6.68. The van der Waals surface area contributed by atoms with Crippen LogP contribution in [0.3, 0.4) is 0 Å². The Kier molecular flexibility index (Phi) is 5.45. The molecule has 0 aromatic heterocycles. The molecule has 0 bridgehead atoms. The minimum absolute atomic E-state index is 0.181. The van der Waals surface area contributed by atoms with Crippen LogP contribution in [-0.2, 0) is 16.4 Å². The highest BCUT2D eigenvalue weighted by atomic mass is 32.2. The zero-order valence-corrected chi connectivity index (χ0v) is 15.8. The minimum Gasteiger partial charge on any atom is -0.368 e. The summed E-state index contributed by atoms with van der Waals surface area (Å²) in [6, 6.07) is 16.1. The molecule has 0 unspecified atom stereocenters. The molecule has 1 saturated heterocycles. The highest BCUT2D eigenvalue weighted by Gasteiger charge is 2.27. The lowest BCUT2D eigenvalue weighted by Gasteiger charge is -2.37. The van der Waals surface area contributed by atoms with Gasteiger partial charge in [0, 0.05) is 31.9 Å². The Morgan fingerprint density at radius 2 is 1.44 bits per heavy atom. The van der Waals surface area contributed by atoms with Gasteiger partial charge in [-0.05, 0) is 37.0 Å². The van der Waals surface area contributed by atoms with E-state index in [1.165, 1.54) is 16.8 Å². The SMILES string of the molecule is Cc1cccc(C)c1N1CCN(S(=O)(=O)CCc2ccccc2)CC1. The van der Waals surface area contributed by atoms with Crippen LogP contribution in [0, 0.1) is 13.8 Å². The van der Waals surface area contributed by atoms with Crippen LogP contribution in [0.15, 0.2) is 48.5 Å². The molecule has 0 atom stereocenters. The molecule has 25 heavy (non-hydrogen) atoms. The van der Waals surface area contributed by atoms with Gasteiger partial charge in [-0.15, -0.1) is 0 Å². The molecule has 0 amide bonds. The van der Waals surface area contributed by atoms with Crippen LogP contribution in [0.5, 0.6) is 0 Å². The molecular weight excluding hydrogens is 332 g/mol. The maximum atomic E-state index is 12.6. The first kappa shape index (κ1) is 18.0. The first-order chi connectivity index (χ1) is 12.0. The molecule has 1 fully saturated rings. The normalized spacial score (nSPS) is 16.2. The fraction of sp³-hybridized carbons (Fsp3) is 0.400. The Labute approximate surface area is 151 Å². The van der Waals surface area contributed by atoms with Gasteiger partial charge in [0.1, 0.15) is 0 Å². The summed E-state index contributed by atoms with van der Waals surface area (Å²) in [6.07, 6.45) is 0.570. The Morgan fingerprint density at radius 1 is 0.840 bits per heavy atom. The van der Waals surface area contributed by atoms with Crippen LogP contribution >= 0.6 is 0 Å². The molecule has 5 heteroatoms. The third-order valence-corrected chi connectivity index (χ3v) is 6.75. The lowest BCUT2D eigenvalue weighted by molar-refractivity contribution is 0.384. The van der Waals surface area contributed by atoms with Crippen LogP contribution < -0.4 is 4.90 Å². The van der Waals surface area contributed by atoms with E-state index in [1.54, 1.807) is 4.31 Å². The number of piperazine rings is 1. The lowest BCUT2D eigenvalue weighted by atomic mass is 10.1. The van der Waals surface area contributed by atoms with Gasteiger partial charge in [0.2, 0.25) is 10.0 Å². The smallest absolute Gasteiger partial charge is 0.214 e. The van der Waals surface area contributed by atoms with E-state index in [0.29, 0.717) is 19.5 Å². The predicted octanol–water partition coefficient (Wildman–Crippen LogP) is 3.00. The topological polar surface area (TPSA) is 40.6 Å². The standard InChI is InChI=1S/C20H26N2O2S/c1-17-7-6-8-18(2)20(17)21-12-14-22(15-13-21)25(23,24)16-11-19-9-4-3-5-10-19/h3-10H,11-16H2,1-2H3. The van der Waals surface area contributed by atoms with Crippen LogP contribution in [0.25, 0.3) is 0 Å². The van der Waals surface area contributed by atoms with E-state index < -0.39 is 10.0 Å². The average Bonchev–Trinajstić information content (AvgIpc) is 2.61. The number of hydrogen-bond donors (Lipinski definition) is 0. The summed E-state index contributed by atoms with van der Waals surface area (Å²) in [7, 11) is -3.20. The Bertz CT molecular complexity index is 791. The van der Waals surface area contributed by atoms with Crippen LogP contribution in [0.4, 0.5) is 5.69 Å². The minimum atomic E-state index is -3.20. The maximum absolute atomic E-state index is 12.6. The van der Waals surface area contributed by atoms with Crippen molar-refractivity contribution in [2.24, 2.45) is 0 Å². The second kappa shape index (κ2) is 7.58. The van der Waals surface area contributed by atoms with Crippen molar-refractivity contribution in [3.8, 4) is 0 Å². The third kappa shape index (κ3) is 4.22. The molecule has 0 N–H and O–H groups in total. The van der Waals surface area contributed by atoms with E-state index >= 15 is 0 Å². The molecule has 0 spiro atoms. The van der Waals surface area contributed by atoms with Crippen LogP contribution in [0.2, 0.25) is 0 Å². The molecule has 4 nitrogen and oxygen atoms in total. The Morgan fingerprint density at radius 3 is 2.04 bits per heavy atom. The van der Waals surface area contributed by atoms with E-state index in [0.717, 1.165) is 18.7 Å². The van der Waals surface area contributed by atoms with E-state index in [1.807, 2.05) is 30.3 Å². The van der Waals surface area contributed by atoms with E-state index in [-0.39, 0.29) is 5.75 Å². The molecular formula is C20H26N2O2S. The number of rotatable bonds is 5. The van der Waals surface area contributed by atoms with Gasteiger partial charge in [-0.2, -0.15) is 4.31 Å². The van der Waals surface area contributed by atoms with Crippen molar-refractivity contribution in [1.82, 2.24) is 4.31 Å². The molecule has 0 radical (unpaired) electrons. The van der Waals surface area contributed by atoms with E-state index in [2.05, 4.69) is 36.9 Å². The first-order valence-corrected chi connectivity index (χ1v) is 10.4. The third-order valence-electron chi connectivity index (χ3n) is 4.88. The summed E-state index contributed by atoms with van der Waals surface area (Å²) in [5.74, 6) is 0.181. The fourth-order valence-corrected chi connectivity index (χ4v) is 4.99. The molecule has 0 saturated carbocycles. The molecule has 1 heterocycles. The largest absolute Gasteiger partial charge is 0.368 e. The van der Waals surface area contributed by atoms with Gasteiger partial charge in [-0.25, -0.2) is 8.42 Å². The number of aryl methyl sites for hydroxylation is 3. The number of benzene rings is 2. The van der Waals surface area contributed by atoms with Crippen molar-refractivity contribution < 1.29 is 8.42 Å². The van der Waals surface area contributed by atoms with Crippen molar-refractivity contribution in [3.05, 3.63) is 65.2 Å². The number of sulfonamides is 1. The van der Waals surface area contributed by atoms with E-state index in [9.17, 15) is 8.42 Å². The molecule has 1 aliphatic heterocycles. The fourth-order valence-electron chi connectivity index (χ4n) is 3.51. The van der Waals surface area contributed by atoms with Crippen LogP contribution in [-0.4, -0.2) is 44.7 Å². The molecule has 1 aliphatic rings. The number of hydrogen-bond acceptors (Lipinski definition) is 3. The van der Waals surface area contributed by atoms with Gasteiger partial charge in [-0.3, -0.25) is 0 Å². The molecule has 2 aromatic carbocycles. The van der Waals surface area contributed by atoms with Crippen molar-refractivity contribution in [1.29, 1.82) is 0 Å². The Balaban J connectivity index is 1.61. The summed E-state index contributed by atoms with van der Waals surface area (Å²) in [6.45, 7) is 6.85. The summed E-state index contributed by atoms with van der Waals surface area (Å²) >= 11 is 0. The van der Waals surface area contributed by atoms with Gasteiger partial charge >= 0.3 is 0 Å². The first-order valence-electron chi connectivity index (χ1n) is 8.80. The second-order valence-corrected chi connectivity index (χ2v) is 8.77. The highest BCUT2D eigenvalue weighted by molar-refractivity contribution is 7.89. The van der Waals surface area contributed by atoms with Crippen molar-refractivity contribution in [2.75, 3.05) is 36.8 Å². The van der Waals surface area contributed by atoms with E-state index in [4.69, 9.17) is 0 Å². The molecule has 0 aliphatic carbocycles. The molecule has 2 aromatic rings. The summed E-state index contributed by atoms with van der Waals surface area (Å²) in [5.41, 5.74) is 4.82. The average molecular weight is 359 g/mol. The highest BCUT2D eigenvalue weighted by Crippen LogP contribution is 2.26. The van der Waals surface area contributed by atoms with Crippen molar-refractivity contribution in [3.63, 3.8) is 0 Å². The number of para-hydroxylation sites is 1. The number of nitrogens with zero attached hydrogens (tertiary/aromatic N) is 2. The summed E-state index contributed by atoms with van der Waals surface area (Å²) < 4.78 is 26.9. The Hall–Kier alpha value is -1.85. The van der Waals surface area contributed by atoms with Crippen LogP contribution in [0.1, 0.15) is 16.7 Å². The molecule has 134 valence electrons. The quantitative estimate of drug-likeness (QED) is 0.825. The van der Waals surface area contributed by atoms with Gasteiger partial charge in [0.15, 0.2) is 0 Å². The monoisotopic (exact) mass is 358 g/mol. The summed E-state index contributed by atoms with van der Waals surface area (Å²) in [4.78, 5) is 2.31. The number of anilines is 1. The zero-order chi connectivity index (χ0) is 17.9. The maximum Gasteiger partial charge on any atom is 0.214 e. The van der Waals surface area contributed by atoms with Crippen molar-refractivity contribution >= 4 is 15.7 Å². The lowest BCUT2D eigenvalue weighted by Crippen LogP contribution is -2.49. The zero-order valence-electron chi connectivity index (χ0n) is 15.0. The van der Waals surface area contributed by atoms with Crippen molar-refractivity contribution in [2.45, 2.75) is 20.3 Å². The predicted molar refractivity (Wildman–Crippen MR) is 104 cm³/mol.